The molecule has 0 aliphatic carbocycles. The van der Waals surface area contributed by atoms with E-state index in [1.807, 2.05) is 13.8 Å². The molecule has 1 rings (SSSR count). The van der Waals surface area contributed by atoms with Crippen LogP contribution < -0.4 is 0 Å². The Labute approximate surface area is 92.0 Å². The first kappa shape index (κ1) is 12.4. The number of nitrogens with zero attached hydrogens (tertiary/aromatic N) is 3. The van der Waals surface area contributed by atoms with E-state index in [4.69, 9.17) is 4.74 Å². The molecule has 15 heavy (non-hydrogen) atoms. The first-order chi connectivity index (χ1) is 7.29. The summed E-state index contributed by atoms with van der Waals surface area (Å²) in [6.45, 7) is 9.85. The topological polar surface area (TPSA) is 37.2 Å². The number of rotatable bonds is 5. The third-order valence-electron chi connectivity index (χ3n) is 2.23. The van der Waals surface area contributed by atoms with E-state index in [2.05, 4.69) is 20.9 Å². The van der Waals surface area contributed by atoms with Gasteiger partial charge < -0.3 is 4.74 Å². The molecule has 1 saturated heterocycles. The third-order valence-corrected chi connectivity index (χ3v) is 2.23. The minimum atomic E-state index is 0.299. The maximum absolute atomic E-state index is 5.28. The maximum Gasteiger partial charge on any atom is 0.0895 e. The second-order valence-corrected chi connectivity index (χ2v) is 4.01. The van der Waals surface area contributed by atoms with Crippen molar-refractivity contribution in [3.63, 3.8) is 0 Å². The van der Waals surface area contributed by atoms with Gasteiger partial charge in [0.2, 0.25) is 0 Å². The molecule has 0 aromatic rings. The predicted molar refractivity (Wildman–Crippen MR) is 61.7 cm³/mol. The maximum atomic E-state index is 5.28. The summed E-state index contributed by atoms with van der Waals surface area (Å²) in [6.07, 6.45) is 1.08. The highest BCUT2D eigenvalue weighted by atomic mass is 16.5. The zero-order chi connectivity index (χ0) is 10.9. The number of hydrogen-bond acceptors (Lipinski definition) is 4. The van der Waals surface area contributed by atoms with Crippen LogP contribution >= 0.6 is 0 Å². The van der Waals surface area contributed by atoms with Gasteiger partial charge >= 0.3 is 0 Å². The van der Waals surface area contributed by atoms with Crippen LogP contribution in [0.5, 0.6) is 0 Å². The SMILES string of the molecule is CC(C)N=C=NCCCN1CCOCC1. The van der Waals surface area contributed by atoms with Gasteiger partial charge in [0.15, 0.2) is 0 Å². The summed E-state index contributed by atoms with van der Waals surface area (Å²) in [5, 5.41) is 0. The Bertz CT molecular complexity index is 216. The van der Waals surface area contributed by atoms with E-state index < -0.39 is 0 Å². The van der Waals surface area contributed by atoms with Crippen LogP contribution in [0.15, 0.2) is 9.98 Å². The molecule has 0 bridgehead atoms. The summed E-state index contributed by atoms with van der Waals surface area (Å²) in [6, 6.07) is 3.03. The van der Waals surface area contributed by atoms with E-state index in [9.17, 15) is 0 Å². The zero-order valence-electron chi connectivity index (χ0n) is 9.78. The fourth-order valence-electron chi connectivity index (χ4n) is 1.40. The predicted octanol–water partition coefficient (Wildman–Crippen LogP) is 1.29. The molecule has 0 saturated carbocycles. The molecule has 0 N–H and O–H groups in total. The number of aliphatic imine (C=N–C) groups is 2. The molecule has 1 aliphatic heterocycles. The van der Waals surface area contributed by atoms with Crippen molar-refractivity contribution in [2.24, 2.45) is 9.98 Å². The highest BCUT2D eigenvalue weighted by molar-refractivity contribution is 5.41. The summed E-state index contributed by atoms with van der Waals surface area (Å²) in [4.78, 5) is 10.6. The van der Waals surface area contributed by atoms with Crippen LogP contribution in [0.3, 0.4) is 0 Å². The molecule has 1 aliphatic rings. The van der Waals surface area contributed by atoms with E-state index >= 15 is 0 Å². The van der Waals surface area contributed by atoms with E-state index in [0.29, 0.717) is 6.04 Å². The Morgan fingerprint density at radius 2 is 2.07 bits per heavy atom. The number of ether oxygens (including phenoxy) is 1. The fourth-order valence-corrected chi connectivity index (χ4v) is 1.40. The van der Waals surface area contributed by atoms with Crippen LogP contribution in [-0.2, 0) is 4.74 Å². The van der Waals surface area contributed by atoms with Crippen molar-refractivity contribution in [2.75, 3.05) is 39.4 Å². The Kier molecular flexibility index (Phi) is 6.25. The highest BCUT2D eigenvalue weighted by Gasteiger charge is 2.08. The van der Waals surface area contributed by atoms with Crippen LogP contribution in [-0.4, -0.2) is 56.3 Å². The Morgan fingerprint density at radius 1 is 1.33 bits per heavy atom. The van der Waals surface area contributed by atoms with E-state index in [-0.39, 0.29) is 0 Å². The molecular weight excluding hydrogens is 190 g/mol. The van der Waals surface area contributed by atoms with Crippen molar-refractivity contribution in [3.8, 4) is 0 Å². The van der Waals surface area contributed by atoms with E-state index in [1.54, 1.807) is 0 Å². The lowest BCUT2D eigenvalue weighted by atomic mass is 10.3. The third kappa shape index (κ3) is 6.39. The van der Waals surface area contributed by atoms with Crippen LogP contribution in [0.2, 0.25) is 0 Å². The van der Waals surface area contributed by atoms with Crippen molar-refractivity contribution in [2.45, 2.75) is 26.3 Å². The van der Waals surface area contributed by atoms with Crippen molar-refractivity contribution in [1.29, 1.82) is 0 Å². The van der Waals surface area contributed by atoms with Crippen LogP contribution in [0.4, 0.5) is 0 Å². The molecule has 4 nitrogen and oxygen atoms in total. The van der Waals surface area contributed by atoms with Gasteiger partial charge in [-0.1, -0.05) is 0 Å². The van der Waals surface area contributed by atoms with Crippen molar-refractivity contribution in [1.82, 2.24) is 4.90 Å². The summed E-state index contributed by atoms with van der Waals surface area (Å²) < 4.78 is 5.28. The lowest BCUT2D eigenvalue weighted by Gasteiger charge is -2.25. The summed E-state index contributed by atoms with van der Waals surface area (Å²) in [5.74, 6) is 0. The summed E-state index contributed by atoms with van der Waals surface area (Å²) in [5.41, 5.74) is 0. The van der Waals surface area contributed by atoms with Crippen LogP contribution in [0, 0.1) is 0 Å². The lowest BCUT2D eigenvalue weighted by molar-refractivity contribution is 0.0377. The van der Waals surface area contributed by atoms with Gasteiger partial charge in [-0.3, -0.25) is 4.90 Å². The second kappa shape index (κ2) is 7.57. The Balaban J connectivity index is 2.03. The molecule has 1 fully saturated rings. The fraction of sp³-hybridized carbons (Fsp3) is 0.909. The van der Waals surface area contributed by atoms with Crippen molar-refractivity contribution in [3.05, 3.63) is 0 Å². The van der Waals surface area contributed by atoms with Gasteiger partial charge in [-0.25, -0.2) is 9.98 Å². The minimum Gasteiger partial charge on any atom is -0.379 e. The molecule has 1 heterocycles. The van der Waals surface area contributed by atoms with Gasteiger partial charge in [-0.15, -0.1) is 0 Å². The largest absolute Gasteiger partial charge is 0.379 e. The molecule has 0 aromatic carbocycles. The van der Waals surface area contributed by atoms with Gasteiger partial charge in [-0.2, -0.15) is 0 Å². The van der Waals surface area contributed by atoms with Gasteiger partial charge in [0.25, 0.3) is 0 Å². The number of morpholine rings is 1. The minimum absolute atomic E-state index is 0.299. The van der Waals surface area contributed by atoms with Gasteiger partial charge in [0.1, 0.15) is 0 Å². The molecule has 0 aromatic heterocycles. The Hall–Kier alpha value is -0.700. The van der Waals surface area contributed by atoms with E-state index in [1.165, 1.54) is 0 Å². The highest BCUT2D eigenvalue weighted by Crippen LogP contribution is 1.97. The molecule has 0 radical (unpaired) electrons. The summed E-state index contributed by atoms with van der Waals surface area (Å²) in [7, 11) is 0. The van der Waals surface area contributed by atoms with E-state index in [0.717, 1.165) is 45.8 Å². The van der Waals surface area contributed by atoms with Gasteiger partial charge in [-0.05, 0) is 20.3 Å². The molecule has 0 atom stereocenters. The number of hydrogen-bond donors (Lipinski definition) is 0. The molecular formula is C11H21N3O. The van der Waals surface area contributed by atoms with Crippen LogP contribution in [0.1, 0.15) is 20.3 Å². The average Bonchev–Trinajstić information content (AvgIpc) is 2.24. The first-order valence-corrected chi connectivity index (χ1v) is 5.70. The normalized spacial score (nSPS) is 17.5. The molecule has 4 heteroatoms. The van der Waals surface area contributed by atoms with Crippen molar-refractivity contribution >= 4 is 6.01 Å². The molecule has 0 amide bonds. The lowest BCUT2D eigenvalue weighted by Crippen LogP contribution is -2.37. The monoisotopic (exact) mass is 211 g/mol. The Morgan fingerprint density at radius 3 is 2.73 bits per heavy atom. The van der Waals surface area contributed by atoms with Crippen LogP contribution in [0.25, 0.3) is 0 Å². The molecule has 0 spiro atoms. The smallest absolute Gasteiger partial charge is 0.0895 e. The van der Waals surface area contributed by atoms with Gasteiger partial charge in [0, 0.05) is 19.6 Å². The van der Waals surface area contributed by atoms with Gasteiger partial charge in [0.05, 0.1) is 31.8 Å². The summed E-state index contributed by atoms with van der Waals surface area (Å²) >= 11 is 0. The van der Waals surface area contributed by atoms with Crippen molar-refractivity contribution < 1.29 is 4.74 Å². The molecule has 0 unspecified atom stereocenters. The molecule has 86 valence electrons. The average molecular weight is 211 g/mol. The first-order valence-electron chi connectivity index (χ1n) is 5.70. The quantitative estimate of drug-likeness (QED) is 0.507. The second-order valence-electron chi connectivity index (χ2n) is 4.01. The zero-order valence-corrected chi connectivity index (χ0v) is 9.78. The standard InChI is InChI=1S/C11H21N3O/c1-11(2)13-10-12-4-3-5-14-6-8-15-9-7-14/h11H,3-9H2,1-2H3.